The number of halogens is 3. The van der Waals surface area contributed by atoms with Crippen molar-refractivity contribution in [2.75, 3.05) is 26.9 Å². The minimum absolute atomic E-state index is 0.0113. The van der Waals surface area contributed by atoms with Crippen LogP contribution in [0, 0.1) is 22.2 Å². The van der Waals surface area contributed by atoms with Gasteiger partial charge in [0.15, 0.2) is 18.1 Å². The molecule has 0 saturated carbocycles. The van der Waals surface area contributed by atoms with Gasteiger partial charge in [0.1, 0.15) is 5.75 Å². The van der Waals surface area contributed by atoms with E-state index in [0.29, 0.717) is 30.4 Å². The van der Waals surface area contributed by atoms with Gasteiger partial charge in [-0.3, -0.25) is 4.79 Å². The first-order chi connectivity index (χ1) is 23.2. The second-order valence-corrected chi connectivity index (χ2v) is 14.7. The third-order valence-electron chi connectivity index (χ3n) is 9.01. The van der Waals surface area contributed by atoms with Crippen molar-refractivity contribution in [2.45, 2.75) is 93.7 Å². The molecule has 0 aliphatic carbocycles. The molecule has 2 rings (SSSR count). The summed E-state index contributed by atoms with van der Waals surface area (Å²) >= 11 is 0. The summed E-state index contributed by atoms with van der Waals surface area (Å²) < 4.78 is 63.1. The monoisotopic (exact) mass is 706 g/mol. The van der Waals surface area contributed by atoms with Crippen molar-refractivity contribution in [3.05, 3.63) is 59.7 Å². The van der Waals surface area contributed by atoms with E-state index in [1.807, 2.05) is 6.92 Å². The summed E-state index contributed by atoms with van der Waals surface area (Å²) in [6.45, 7) is 16.4. The Morgan fingerprint density at radius 2 is 1.42 bits per heavy atom. The first-order valence-electron chi connectivity index (χ1n) is 16.9. The lowest BCUT2D eigenvalue weighted by Gasteiger charge is -2.47. The molecule has 0 fully saturated rings. The number of unbranched alkanes of at least 4 members (excludes halogenated alkanes) is 3. The van der Waals surface area contributed by atoms with Crippen LogP contribution in [0.5, 0.6) is 17.2 Å². The maximum Gasteiger partial charge on any atom is 0.422 e. The van der Waals surface area contributed by atoms with E-state index in [2.05, 4.69) is 53.2 Å². The number of alkyl halides is 3. The standard InChI is InChI=1S/C39H53F3O8/c1-27(2)37(6,7)38(8,25-36(3,4)5)35(45)48-23-13-11-10-12-22-47-30-18-16-29(17-19-30)34(44)50-31-20-14-28(24-32(31)46-9)15-21-33(43)49-26-39(40,41)42/h14-21,24,27H,10-13,22-23,25-26H2,1-9H3/b21-15+. The van der Waals surface area contributed by atoms with Crippen molar-refractivity contribution in [1.29, 1.82) is 0 Å². The lowest BCUT2D eigenvalue weighted by atomic mass is 9.56. The van der Waals surface area contributed by atoms with Crippen LogP contribution in [-0.4, -0.2) is 51.0 Å². The van der Waals surface area contributed by atoms with Crippen molar-refractivity contribution in [3.8, 4) is 17.2 Å². The Balaban J connectivity index is 1.79. The average Bonchev–Trinajstić information content (AvgIpc) is 3.03. The topological polar surface area (TPSA) is 97.4 Å². The Morgan fingerprint density at radius 1 is 0.800 bits per heavy atom. The Bertz CT molecular complexity index is 1440. The smallest absolute Gasteiger partial charge is 0.422 e. The van der Waals surface area contributed by atoms with Gasteiger partial charge in [-0.1, -0.05) is 54.5 Å². The first-order valence-corrected chi connectivity index (χ1v) is 16.9. The molecule has 11 heteroatoms. The van der Waals surface area contributed by atoms with Gasteiger partial charge in [-0.05, 0) is 104 Å². The number of benzene rings is 2. The van der Waals surface area contributed by atoms with Crippen molar-refractivity contribution >= 4 is 24.0 Å². The van der Waals surface area contributed by atoms with Crippen molar-refractivity contribution in [3.63, 3.8) is 0 Å². The van der Waals surface area contributed by atoms with Crippen LogP contribution in [-0.2, 0) is 19.1 Å². The minimum Gasteiger partial charge on any atom is -0.494 e. The van der Waals surface area contributed by atoms with Crippen molar-refractivity contribution < 1.29 is 51.2 Å². The summed E-state index contributed by atoms with van der Waals surface area (Å²) in [5.74, 6) is -0.705. The highest BCUT2D eigenvalue weighted by atomic mass is 19.4. The van der Waals surface area contributed by atoms with E-state index < -0.39 is 30.1 Å². The fourth-order valence-corrected chi connectivity index (χ4v) is 5.42. The third kappa shape index (κ3) is 13.4. The number of methoxy groups -OCH3 is 1. The van der Waals surface area contributed by atoms with Crippen LogP contribution in [0.1, 0.15) is 103 Å². The van der Waals surface area contributed by atoms with Gasteiger partial charge in [0.25, 0.3) is 0 Å². The Labute approximate surface area is 294 Å². The molecule has 1 atom stereocenters. The maximum absolute atomic E-state index is 13.3. The Morgan fingerprint density at radius 3 is 1.98 bits per heavy atom. The number of carbonyl (C=O) groups is 3. The van der Waals surface area contributed by atoms with E-state index in [-0.39, 0.29) is 33.9 Å². The summed E-state index contributed by atoms with van der Waals surface area (Å²) in [5, 5.41) is 0. The molecule has 8 nitrogen and oxygen atoms in total. The van der Waals surface area contributed by atoms with Gasteiger partial charge in [0.05, 0.1) is 31.3 Å². The molecule has 0 saturated heterocycles. The summed E-state index contributed by atoms with van der Waals surface area (Å²) in [5.41, 5.74) is -0.133. The number of hydrogen-bond acceptors (Lipinski definition) is 8. The number of hydrogen-bond donors (Lipinski definition) is 0. The highest BCUT2D eigenvalue weighted by molar-refractivity contribution is 5.91. The van der Waals surface area contributed by atoms with Crippen molar-refractivity contribution in [1.82, 2.24) is 0 Å². The van der Waals surface area contributed by atoms with E-state index in [9.17, 15) is 27.6 Å². The highest BCUT2D eigenvalue weighted by Crippen LogP contribution is 2.51. The summed E-state index contributed by atoms with van der Waals surface area (Å²) in [6.07, 6.45) is 1.65. The zero-order valence-corrected chi connectivity index (χ0v) is 30.8. The van der Waals surface area contributed by atoms with Crippen LogP contribution >= 0.6 is 0 Å². The molecule has 50 heavy (non-hydrogen) atoms. The second-order valence-electron chi connectivity index (χ2n) is 14.7. The van der Waals surface area contributed by atoms with Gasteiger partial charge in [0, 0.05) is 6.08 Å². The van der Waals surface area contributed by atoms with Crippen LogP contribution in [0.3, 0.4) is 0 Å². The van der Waals surface area contributed by atoms with Gasteiger partial charge >= 0.3 is 24.1 Å². The first kappa shape index (κ1) is 42.1. The van der Waals surface area contributed by atoms with Crippen LogP contribution in [0.2, 0.25) is 0 Å². The molecule has 2 aromatic rings. The molecule has 0 radical (unpaired) electrons. The Hall–Kier alpha value is -4.02. The van der Waals surface area contributed by atoms with E-state index >= 15 is 0 Å². The molecule has 0 spiro atoms. The summed E-state index contributed by atoms with van der Waals surface area (Å²) in [7, 11) is 1.36. The maximum atomic E-state index is 13.3. The second kappa shape index (κ2) is 18.3. The molecule has 0 aliphatic heterocycles. The molecule has 0 aliphatic rings. The third-order valence-corrected chi connectivity index (χ3v) is 9.01. The molecule has 0 bridgehead atoms. The average molecular weight is 707 g/mol. The predicted molar refractivity (Wildman–Crippen MR) is 186 cm³/mol. The zero-order chi connectivity index (χ0) is 37.8. The molecular weight excluding hydrogens is 653 g/mol. The fraction of sp³-hybridized carbons (Fsp3) is 0.564. The molecule has 278 valence electrons. The van der Waals surface area contributed by atoms with E-state index in [1.165, 1.54) is 31.4 Å². The number of ether oxygens (including phenoxy) is 5. The normalized spacial score (nSPS) is 13.5. The van der Waals surface area contributed by atoms with Crippen LogP contribution in [0.4, 0.5) is 13.2 Å². The van der Waals surface area contributed by atoms with Crippen LogP contribution < -0.4 is 14.2 Å². The molecular formula is C39H53F3O8. The van der Waals surface area contributed by atoms with E-state index in [1.54, 1.807) is 24.3 Å². The van der Waals surface area contributed by atoms with Gasteiger partial charge in [-0.25, -0.2) is 9.59 Å². The quantitative estimate of drug-likeness (QED) is 0.0655. The van der Waals surface area contributed by atoms with Crippen molar-refractivity contribution in [2.24, 2.45) is 22.2 Å². The largest absolute Gasteiger partial charge is 0.494 e. The van der Waals surface area contributed by atoms with Gasteiger partial charge in [0.2, 0.25) is 0 Å². The van der Waals surface area contributed by atoms with E-state index in [0.717, 1.165) is 38.2 Å². The minimum atomic E-state index is -4.62. The summed E-state index contributed by atoms with van der Waals surface area (Å²) in [6, 6.07) is 10.9. The van der Waals surface area contributed by atoms with Gasteiger partial charge in [-0.2, -0.15) is 13.2 Å². The van der Waals surface area contributed by atoms with Crippen LogP contribution in [0.25, 0.3) is 6.08 Å². The SMILES string of the molecule is COc1cc(/C=C/C(=O)OCC(F)(F)F)ccc1OC(=O)c1ccc(OCCCCCCOC(=O)C(C)(CC(C)(C)C)C(C)(C)C(C)C)cc1. The van der Waals surface area contributed by atoms with Crippen LogP contribution in [0.15, 0.2) is 48.5 Å². The molecule has 2 aromatic carbocycles. The Kier molecular flexibility index (Phi) is 15.4. The molecule has 0 heterocycles. The molecule has 0 aromatic heterocycles. The van der Waals surface area contributed by atoms with Gasteiger partial charge < -0.3 is 23.7 Å². The lowest BCUT2D eigenvalue weighted by Crippen LogP contribution is -2.48. The molecule has 1 unspecified atom stereocenters. The fourth-order valence-electron chi connectivity index (χ4n) is 5.42. The van der Waals surface area contributed by atoms with E-state index in [4.69, 9.17) is 18.9 Å². The zero-order valence-electron chi connectivity index (χ0n) is 30.8. The predicted octanol–water partition coefficient (Wildman–Crippen LogP) is 9.64. The van der Waals surface area contributed by atoms with Gasteiger partial charge in [-0.15, -0.1) is 0 Å². The lowest BCUT2D eigenvalue weighted by molar-refractivity contribution is -0.182. The summed E-state index contributed by atoms with van der Waals surface area (Å²) in [4.78, 5) is 37.6. The number of carbonyl (C=O) groups excluding carboxylic acids is 3. The number of esters is 3. The highest BCUT2D eigenvalue weighted by Gasteiger charge is 2.51. The molecule has 0 amide bonds. The molecule has 0 N–H and O–H groups in total. The number of rotatable bonds is 18.